The van der Waals surface area contributed by atoms with E-state index >= 15 is 0 Å². The van der Waals surface area contributed by atoms with Crippen molar-refractivity contribution in [3.63, 3.8) is 0 Å². The van der Waals surface area contributed by atoms with Crippen LogP contribution in [0.5, 0.6) is 0 Å². The van der Waals surface area contributed by atoms with Crippen molar-refractivity contribution in [2.45, 2.75) is 12.2 Å². The monoisotopic (exact) mass is 360 g/mol. The lowest BCUT2D eigenvalue weighted by Gasteiger charge is -2.17. The van der Waals surface area contributed by atoms with Crippen LogP contribution in [0.2, 0.25) is 0 Å². The number of oxime groups is 1. The summed E-state index contributed by atoms with van der Waals surface area (Å²) in [5.74, 6) is -1.60. The number of likely N-dealkylation sites (tertiary alicyclic amines) is 1. The number of hydrogen-bond acceptors (Lipinski definition) is 8. The number of ether oxygens (including phenoxy) is 2. The van der Waals surface area contributed by atoms with Crippen molar-refractivity contribution in [2.75, 3.05) is 19.8 Å². The van der Waals surface area contributed by atoms with E-state index in [1.807, 2.05) is 12.2 Å². The first-order chi connectivity index (χ1) is 12.6. The summed E-state index contributed by atoms with van der Waals surface area (Å²) in [6.07, 6.45) is 5.79. The summed E-state index contributed by atoms with van der Waals surface area (Å²) < 4.78 is 15.5. The van der Waals surface area contributed by atoms with Crippen LogP contribution in [-0.2, 0) is 28.7 Å². The van der Waals surface area contributed by atoms with Gasteiger partial charge in [-0.1, -0.05) is 17.3 Å². The fraction of sp³-hybridized carbons (Fsp3) is 0.412. The second-order valence-corrected chi connectivity index (χ2v) is 6.07. The first-order valence-corrected chi connectivity index (χ1v) is 8.18. The molecule has 2 bridgehead atoms. The van der Waals surface area contributed by atoms with E-state index in [0.29, 0.717) is 5.76 Å². The Morgan fingerprint density at radius 3 is 2.62 bits per heavy atom. The Morgan fingerprint density at radius 1 is 1.23 bits per heavy atom. The molecule has 0 aliphatic carbocycles. The summed E-state index contributed by atoms with van der Waals surface area (Å²) >= 11 is 0. The highest BCUT2D eigenvalue weighted by Crippen LogP contribution is 2.44. The standard InChI is InChI=1S/C17H16N2O7/c20-13(9-25-18-8-10-2-1-6-23-10)24-7-5-19-16(21)14-11-3-4-12(26-11)15(14)17(19)22/h1-4,6,8,11-12,14-15H,5,7,9H2/b18-8+. The number of carbonyl (C=O) groups is 3. The van der Waals surface area contributed by atoms with Gasteiger partial charge >= 0.3 is 5.97 Å². The Morgan fingerprint density at radius 2 is 1.96 bits per heavy atom. The molecule has 2 amide bonds. The van der Waals surface area contributed by atoms with Crippen molar-refractivity contribution < 1.29 is 33.1 Å². The van der Waals surface area contributed by atoms with Gasteiger partial charge < -0.3 is 18.7 Å². The van der Waals surface area contributed by atoms with Crippen molar-refractivity contribution >= 4 is 24.0 Å². The second-order valence-electron chi connectivity index (χ2n) is 6.07. The molecule has 3 aliphatic rings. The maximum Gasteiger partial charge on any atom is 0.347 e. The van der Waals surface area contributed by atoms with E-state index in [1.54, 1.807) is 12.1 Å². The van der Waals surface area contributed by atoms with Gasteiger partial charge in [-0.3, -0.25) is 14.5 Å². The lowest BCUT2D eigenvalue weighted by molar-refractivity contribution is -0.153. The van der Waals surface area contributed by atoms with Crippen LogP contribution < -0.4 is 0 Å². The van der Waals surface area contributed by atoms with Gasteiger partial charge in [-0.2, -0.15) is 0 Å². The van der Waals surface area contributed by atoms with Crippen LogP contribution in [0.1, 0.15) is 5.76 Å². The van der Waals surface area contributed by atoms with Crippen molar-refractivity contribution in [1.82, 2.24) is 4.90 Å². The van der Waals surface area contributed by atoms with E-state index in [4.69, 9.17) is 18.7 Å². The molecular weight excluding hydrogens is 344 g/mol. The molecule has 9 heteroatoms. The summed E-state index contributed by atoms with van der Waals surface area (Å²) in [6, 6.07) is 3.37. The quantitative estimate of drug-likeness (QED) is 0.223. The molecule has 9 nitrogen and oxygen atoms in total. The van der Waals surface area contributed by atoms with Crippen LogP contribution in [0.3, 0.4) is 0 Å². The minimum Gasteiger partial charge on any atom is -0.463 e. The Bertz CT molecular complexity index is 740. The van der Waals surface area contributed by atoms with E-state index in [0.717, 1.165) is 4.90 Å². The van der Waals surface area contributed by atoms with E-state index < -0.39 is 17.8 Å². The van der Waals surface area contributed by atoms with Gasteiger partial charge in [0, 0.05) is 0 Å². The van der Waals surface area contributed by atoms with Gasteiger partial charge in [0.25, 0.3) is 0 Å². The highest BCUT2D eigenvalue weighted by atomic mass is 16.7. The number of carbonyl (C=O) groups excluding carboxylic acids is 3. The molecule has 0 radical (unpaired) electrons. The predicted molar refractivity (Wildman–Crippen MR) is 84.7 cm³/mol. The number of rotatable bonds is 7. The lowest BCUT2D eigenvalue weighted by Crippen LogP contribution is -2.37. The molecule has 1 aromatic rings. The first kappa shape index (κ1) is 16.5. The van der Waals surface area contributed by atoms with Crippen molar-refractivity contribution in [3.8, 4) is 0 Å². The number of hydrogen-bond donors (Lipinski definition) is 0. The zero-order valence-electron chi connectivity index (χ0n) is 13.6. The van der Waals surface area contributed by atoms with Gasteiger partial charge in [0.2, 0.25) is 18.4 Å². The third-order valence-corrected chi connectivity index (χ3v) is 4.56. The molecule has 0 aromatic carbocycles. The number of esters is 1. The topological polar surface area (TPSA) is 108 Å². The van der Waals surface area contributed by atoms with Gasteiger partial charge in [0.1, 0.15) is 18.6 Å². The minimum absolute atomic E-state index is 0.0194. The van der Waals surface area contributed by atoms with Gasteiger partial charge in [-0.15, -0.1) is 0 Å². The molecule has 4 rings (SSSR count). The van der Waals surface area contributed by atoms with Crippen LogP contribution in [0.25, 0.3) is 0 Å². The number of furan rings is 1. The molecule has 4 atom stereocenters. The summed E-state index contributed by atoms with van der Waals surface area (Å²) in [5, 5.41) is 3.57. The summed E-state index contributed by atoms with van der Waals surface area (Å²) in [7, 11) is 0. The summed E-state index contributed by atoms with van der Waals surface area (Å²) in [6.45, 7) is -0.456. The number of imide groups is 1. The second kappa shape index (κ2) is 6.75. The fourth-order valence-corrected chi connectivity index (χ4v) is 3.42. The zero-order valence-corrected chi connectivity index (χ0v) is 13.6. The fourth-order valence-electron chi connectivity index (χ4n) is 3.42. The molecule has 4 heterocycles. The van der Waals surface area contributed by atoms with E-state index in [1.165, 1.54) is 12.5 Å². The van der Waals surface area contributed by atoms with E-state index in [2.05, 4.69) is 5.16 Å². The molecular formula is C17H16N2O7. The SMILES string of the molecule is O=C(CO/N=C/c1ccco1)OCCN1C(=O)C2C3C=CC(O3)C2C1=O. The predicted octanol–water partition coefficient (Wildman–Crippen LogP) is 0.112. The Hall–Kier alpha value is -2.94. The van der Waals surface area contributed by atoms with Crippen molar-refractivity contribution in [2.24, 2.45) is 17.0 Å². The number of fused-ring (bicyclic) bond motifs is 5. The molecule has 0 saturated carbocycles. The Balaban J connectivity index is 1.20. The highest BCUT2D eigenvalue weighted by Gasteiger charge is 2.60. The average Bonchev–Trinajstić information content (AvgIpc) is 3.40. The number of amides is 2. The molecule has 2 fully saturated rings. The summed E-state index contributed by atoms with van der Waals surface area (Å²) in [4.78, 5) is 42.3. The van der Waals surface area contributed by atoms with Crippen LogP contribution in [0.4, 0.5) is 0 Å². The first-order valence-electron chi connectivity index (χ1n) is 8.18. The average molecular weight is 360 g/mol. The molecule has 26 heavy (non-hydrogen) atoms. The van der Waals surface area contributed by atoms with Crippen molar-refractivity contribution in [3.05, 3.63) is 36.3 Å². The zero-order chi connectivity index (χ0) is 18.1. The Kier molecular flexibility index (Phi) is 4.29. The maximum absolute atomic E-state index is 12.4. The molecule has 1 aromatic heterocycles. The van der Waals surface area contributed by atoms with Gasteiger partial charge in [-0.05, 0) is 12.1 Å². The van der Waals surface area contributed by atoms with Crippen LogP contribution in [0.15, 0.2) is 40.1 Å². The smallest absolute Gasteiger partial charge is 0.347 e. The largest absolute Gasteiger partial charge is 0.463 e. The van der Waals surface area contributed by atoms with Crippen LogP contribution in [-0.4, -0.2) is 60.9 Å². The molecule has 3 aliphatic heterocycles. The van der Waals surface area contributed by atoms with E-state index in [9.17, 15) is 14.4 Å². The van der Waals surface area contributed by atoms with Crippen LogP contribution in [0, 0.1) is 11.8 Å². The maximum atomic E-state index is 12.4. The third-order valence-electron chi connectivity index (χ3n) is 4.56. The van der Waals surface area contributed by atoms with Gasteiger partial charge in [0.15, 0.2) is 0 Å². The number of nitrogens with zero attached hydrogens (tertiary/aromatic N) is 2. The van der Waals surface area contributed by atoms with Crippen molar-refractivity contribution in [1.29, 1.82) is 0 Å². The highest BCUT2D eigenvalue weighted by molar-refractivity contribution is 6.06. The normalized spacial score (nSPS) is 29.0. The molecule has 2 saturated heterocycles. The van der Waals surface area contributed by atoms with Gasteiger partial charge in [0.05, 0.1) is 36.9 Å². The molecule has 0 spiro atoms. The van der Waals surface area contributed by atoms with Crippen LogP contribution >= 0.6 is 0 Å². The molecule has 4 unspecified atom stereocenters. The third kappa shape index (κ3) is 2.90. The summed E-state index contributed by atoms with van der Waals surface area (Å²) in [5.41, 5.74) is 0. The van der Waals surface area contributed by atoms with Gasteiger partial charge in [-0.25, -0.2) is 4.79 Å². The molecule has 0 N–H and O–H groups in total. The Labute approximate surface area is 148 Å². The lowest BCUT2D eigenvalue weighted by atomic mass is 9.85. The van der Waals surface area contributed by atoms with E-state index in [-0.39, 0.29) is 43.8 Å². The molecule has 136 valence electrons. The minimum atomic E-state index is -0.647.